The molecule has 1 fully saturated rings. The lowest BCUT2D eigenvalue weighted by atomic mass is 9.90. The van der Waals surface area contributed by atoms with E-state index in [-0.39, 0.29) is 54.4 Å². The quantitative estimate of drug-likeness (QED) is 0.337. The van der Waals surface area contributed by atoms with Gasteiger partial charge in [0.1, 0.15) is 12.3 Å². The molecule has 3 atom stereocenters. The minimum atomic E-state index is -3.37. The average Bonchev–Trinajstić information content (AvgIpc) is 3.34. The molecule has 2 N–H and O–H groups in total. The molecule has 218 valence electrons. The van der Waals surface area contributed by atoms with Crippen LogP contribution in [0.4, 0.5) is 22.0 Å². The first kappa shape index (κ1) is 30.7. The summed E-state index contributed by atoms with van der Waals surface area (Å²) in [7, 11) is -1.53. The van der Waals surface area contributed by atoms with E-state index in [9.17, 15) is 13.2 Å². The van der Waals surface area contributed by atoms with Gasteiger partial charge in [0.25, 0.3) is 0 Å². The number of aromatic nitrogens is 4. The highest BCUT2D eigenvalue weighted by molar-refractivity contribution is 7.89. The Labute approximate surface area is 231 Å². The summed E-state index contributed by atoms with van der Waals surface area (Å²) in [4.78, 5) is 22.9. The smallest absolute Gasteiger partial charge is 0.306 e. The fourth-order valence-electron chi connectivity index (χ4n) is 4.97. The second-order valence-corrected chi connectivity index (χ2v) is 12.2. The number of nitrogens with zero attached hydrogens (tertiary/aromatic N) is 5. The van der Waals surface area contributed by atoms with E-state index in [1.54, 1.807) is 17.3 Å². The third-order valence-electron chi connectivity index (χ3n) is 7.26. The molecule has 1 unspecified atom stereocenters. The summed E-state index contributed by atoms with van der Waals surface area (Å²) in [5.74, 6) is -0.514. The number of H-pyrrole nitrogens is 1. The molecule has 0 amide bonds. The molecule has 2 aromatic rings. The minimum Gasteiger partial charge on any atom is -0.459 e. The summed E-state index contributed by atoms with van der Waals surface area (Å²) in [6, 6.07) is 1.32. The summed E-state index contributed by atoms with van der Waals surface area (Å²) >= 11 is 0. The van der Waals surface area contributed by atoms with Crippen molar-refractivity contribution in [3.8, 4) is 0 Å². The average molecular weight is 568 g/mol. The summed E-state index contributed by atoms with van der Waals surface area (Å²) in [5, 5.41) is 9.82. The number of aryl methyl sites for hydroxylation is 1. The van der Waals surface area contributed by atoms with E-state index < -0.39 is 21.8 Å². The van der Waals surface area contributed by atoms with Gasteiger partial charge in [0.05, 0.1) is 5.75 Å². The molecule has 2 aromatic heterocycles. The largest absolute Gasteiger partial charge is 0.459 e. The van der Waals surface area contributed by atoms with Crippen molar-refractivity contribution in [3.63, 3.8) is 0 Å². The predicted molar refractivity (Wildman–Crippen MR) is 149 cm³/mol. The van der Waals surface area contributed by atoms with Gasteiger partial charge in [-0.25, -0.2) is 17.8 Å². The maximum atomic E-state index is 15.5. The Balaban J connectivity index is 1.93. The Morgan fingerprint density at radius 2 is 1.87 bits per heavy atom. The third kappa shape index (κ3) is 7.44. The first-order valence-electron chi connectivity index (χ1n) is 13.8. The highest BCUT2D eigenvalue weighted by atomic mass is 32.2. The van der Waals surface area contributed by atoms with Crippen LogP contribution >= 0.6 is 0 Å². The first-order valence-corrected chi connectivity index (χ1v) is 15.4. The van der Waals surface area contributed by atoms with Crippen molar-refractivity contribution in [2.75, 3.05) is 23.0 Å². The molecular formula is C26H42FN7O4S. The van der Waals surface area contributed by atoms with E-state index in [0.717, 1.165) is 12.1 Å². The highest BCUT2D eigenvalue weighted by Crippen LogP contribution is 2.34. The van der Waals surface area contributed by atoms with Gasteiger partial charge in [-0.15, -0.1) is 0 Å². The van der Waals surface area contributed by atoms with Crippen LogP contribution in [0.25, 0.3) is 0 Å². The van der Waals surface area contributed by atoms with Gasteiger partial charge in [0.15, 0.2) is 17.5 Å². The standard InChI is InChI=1S/C26H42FN7O4S/c1-7-11-12-23(35)38-16-21-24(27)25(29-22-13-17(5)31-32-22)30-26(28-21)33(6)20-14-18(8-2)34(19(9-3)15-20)39(36,37)10-4/h13,18-20H,7-12,14-16H2,1-6H3,(H2,28,29,30,31,32)/t18-,19+,20?. The first-order chi connectivity index (χ1) is 18.5. The van der Waals surface area contributed by atoms with E-state index in [4.69, 9.17) is 4.74 Å². The van der Waals surface area contributed by atoms with Crippen LogP contribution < -0.4 is 10.2 Å². The molecule has 0 aromatic carbocycles. The van der Waals surface area contributed by atoms with Crippen molar-refractivity contribution in [1.82, 2.24) is 24.5 Å². The summed E-state index contributed by atoms with van der Waals surface area (Å²) in [6.45, 7) is 9.13. The second-order valence-electron chi connectivity index (χ2n) is 10.0. The SMILES string of the molecule is CCCCC(=O)OCc1nc(N(C)C2C[C@@H](CC)N(S(=O)(=O)CC)[C@@H](CC)C2)nc(Nc2cc(C)[nH]n2)c1F. The van der Waals surface area contributed by atoms with Crippen LogP contribution in [-0.4, -0.2) is 69.8 Å². The van der Waals surface area contributed by atoms with Gasteiger partial charge in [-0.3, -0.25) is 9.89 Å². The third-order valence-corrected chi connectivity index (χ3v) is 9.23. The number of ether oxygens (including phenoxy) is 1. The van der Waals surface area contributed by atoms with Crippen molar-refractivity contribution in [1.29, 1.82) is 0 Å². The number of hydrogen-bond acceptors (Lipinski definition) is 9. The van der Waals surface area contributed by atoms with E-state index in [2.05, 4.69) is 25.5 Å². The van der Waals surface area contributed by atoms with Crippen LogP contribution in [0.3, 0.4) is 0 Å². The summed E-state index contributed by atoms with van der Waals surface area (Å²) < 4.78 is 48.4. The van der Waals surface area contributed by atoms with Gasteiger partial charge >= 0.3 is 5.97 Å². The molecule has 1 aliphatic rings. The Morgan fingerprint density at radius 3 is 2.41 bits per heavy atom. The van der Waals surface area contributed by atoms with E-state index in [1.165, 1.54) is 0 Å². The lowest BCUT2D eigenvalue weighted by Crippen LogP contribution is -2.56. The summed E-state index contributed by atoms with van der Waals surface area (Å²) in [5.41, 5.74) is 0.746. The fraction of sp³-hybridized carbons (Fsp3) is 0.692. The molecule has 0 saturated carbocycles. The molecule has 0 aliphatic carbocycles. The maximum Gasteiger partial charge on any atom is 0.306 e. The van der Waals surface area contributed by atoms with Crippen LogP contribution in [0, 0.1) is 12.7 Å². The lowest BCUT2D eigenvalue weighted by Gasteiger charge is -2.46. The molecular weight excluding hydrogens is 525 g/mol. The Kier molecular flexibility index (Phi) is 10.6. The van der Waals surface area contributed by atoms with Crippen molar-refractivity contribution in [2.24, 2.45) is 0 Å². The fourth-order valence-corrected chi connectivity index (χ4v) is 6.65. The number of carbonyl (C=O) groups is 1. The number of aromatic amines is 1. The molecule has 11 nitrogen and oxygen atoms in total. The van der Waals surface area contributed by atoms with Crippen molar-refractivity contribution >= 4 is 33.6 Å². The zero-order valence-corrected chi connectivity index (χ0v) is 24.6. The predicted octanol–water partition coefficient (Wildman–Crippen LogP) is 4.43. The van der Waals surface area contributed by atoms with Crippen LogP contribution in [0.5, 0.6) is 0 Å². The van der Waals surface area contributed by atoms with Crippen LogP contribution in [0.15, 0.2) is 6.07 Å². The topological polar surface area (TPSA) is 133 Å². The van der Waals surface area contributed by atoms with Gasteiger partial charge in [0.2, 0.25) is 16.0 Å². The van der Waals surface area contributed by atoms with E-state index in [1.807, 2.05) is 39.6 Å². The van der Waals surface area contributed by atoms with Crippen molar-refractivity contribution in [3.05, 3.63) is 23.3 Å². The highest BCUT2D eigenvalue weighted by Gasteiger charge is 2.41. The molecule has 0 bridgehead atoms. The Morgan fingerprint density at radius 1 is 1.21 bits per heavy atom. The summed E-state index contributed by atoms with van der Waals surface area (Å²) in [6.07, 6.45) is 4.32. The number of halogens is 1. The van der Waals surface area contributed by atoms with Gasteiger partial charge in [-0.05, 0) is 46.0 Å². The molecule has 3 heterocycles. The number of rotatable bonds is 13. The van der Waals surface area contributed by atoms with E-state index in [0.29, 0.717) is 37.9 Å². The molecule has 0 spiro atoms. The van der Waals surface area contributed by atoms with Gasteiger partial charge in [-0.2, -0.15) is 14.4 Å². The number of carbonyl (C=O) groups excluding carboxylic acids is 1. The lowest BCUT2D eigenvalue weighted by molar-refractivity contribution is -0.145. The normalized spacial score (nSPS) is 20.1. The number of nitrogens with one attached hydrogen (secondary N) is 2. The number of piperidine rings is 1. The molecule has 39 heavy (non-hydrogen) atoms. The van der Waals surface area contributed by atoms with Crippen LogP contribution in [0.1, 0.15) is 84.0 Å². The Hall–Kier alpha value is -2.80. The zero-order valence-electron chi connectivity index (χ0n) is 23.8. The number of esters is 1. The van der Waals surface area contributed by atoms with Gasteiger partial charge < -0.3 is 15.0 Å². The van der Waals surface area contributed by atoms with Gasteiger partial charge in [-0.1, -0.05) is 27.2 Å². The number of sulfonamides is 1. The zero-order chi connectivity index (χ0) is 28.7. The monoisotopic (exact) mass is 567 g/mol. The van der Waals surface area contributed by atoms with E-state index >= 15 is 4.39 Å². The maximum absolute atomic E-state index is 15.5. The van der Waals surface area contributed by atoms with Crippen LogP contribution in [-0.2, 0) is 26.2 Å². The number of hydrogen-bond donors (Lipinski definition) is 2. The molecule has 1 saturated heterocycles. The number of anilines is 3. The molecule has 13 heteroatoms. The molecule has 3 rings (SSSR count). The molecule has 0 radical (unpaired) electrons. The van der Waals surface area contributed by atoms with Crippen molar-refractivity contribution in [2.45, 2.75) is 104 Å². The van der Waals surface area contributed by atoms with Gasteiger partial charge in [0, 0.05) is 43.4 Å². The minimum absolute atomic E-state index is 0.0449. The Bertz CT molecular complexity index is 1210. The second kappa shape index (κ2) is 13.5. The van der Waals surface area contributed by atoms with Crippen molar-refractivity contribution < 1.29 is 22.3 Å². The van der Waals surface area contributed by atoms with Crippen LogP contribution in [0.2, 0.25) is 0 Å². The molecule has 1 aliphatic heterocycles. The number of unbranched alkanes of at least 4 members (excludes halogenated alkanes) is 1.